The summed E-state index contributed by atoms with van der Waals surface area (Å²) in [5, 5.41) is 3.43. The first-order chi connectivity index (χ1) is 6.77. The Morgan fingerprint density at radius 3 is 2.79 bits per heavy atom. The van der Waals surface area contributed by atoms with Crippen LogP contribution < -0.4 is 5.32 Å². The summed E-state index contributed by atoms with van der Waals surface area (Å²) in [6, 6.07) is 0.713. The van der Waals surface area contributed by atoms with Crippen LogP contribution in [0.3, 0.4) is 0 Å². The molecule has 0 saturated carbocycles. The zero-order valence-corrected chi connectivity index (χ0v) is 10.1. The molecule has 0 bridgehead atoms. The second kappa shape index (κ2) is 6.41. The van der Waals surface area contributed by atoms with Crippen LogP contribution in [0.4, 0.5) is 0 Å². The van der Waals surface area contributed by atoms with E-state index >= 15 is 0 Å². The van der Waals surface area contributed by atoms with Crippen molar-refractivity contribution in [3.8, 4) is 0 Å². The van der Waals surface area contributed by atoms with Gasteiger partial charge in [0.05, 0.1) is 0 Å². The van der Waals surface area contributed by atoms with Crippen molar-refractivity contribution in [3.63, 3.8) is 0 Å². The van der Waals surface area contributed by atoms with Crippen LogP contribution in [0, 0.1) is 5.92 Å². The summed E-state index contributed by atoms with van der Waals surface area (Å²) in [7, 11) is 2.09. The number of likely N-dealkylation sites (tertiary alicyclic amines) is 1. The summed E-state index contributed by atoms with van der Waals surface area (Å²) >= 11 is 0. The van der Waals surface area contributed by atoms with Gasteiger partial charge in [-0.2, -0.15) is 0 Å². The molecular formula is C12H26N2. The molecule has 1 fully saturated rings. The Hall–Kier alpha value is -0.0800. The van der Waals surface area contributed by atoms with Crippen LogP contribution in [0.25, 0.3) is 0 Å². The van der Waals surface area contributed by atoms with Gasteiger partial charge >= 0.3 is 0 Å². The second-order valence-electron chi connectivity index (χ2n) is 4.67. The minimum absolute atomic E-state index is 0.713. The molecule has 0 aromatic heterocycles. The highest BCUT2D eigenvalue weighted by Gasteiger charge is 2.23. The van der Waals surface area contributed by atoms with Crippen LogP contribution in [0.1, 0.15) is 39.5 Å². The summed E-state index contributed by atoms with van der Waals surface area (Å²) in [5.41, 5.74) is 0. The number of hydrogen-bond acceptors (Lipinski definition) is 2. The van der Waals surface area contributed by atoms with Crippen LogP contribution in [0.2, 0.25) is 0 Å². The fraction of sp³-hybridized carbons (Fsp3) is 1.00. The van der Waals surface area contributed by atoms with Gasteiger partial charge in [-0.25, -0.2) is 0 Å². The Morgan fingerprint density at radius 2 is 2.14 bits per heavy atom. The summed E-state index contributed by atoms with van der Waals surface area (Å²) in [6.07, 6.45) is 5.45. The molecule has 2 unspecified atom stereocenters. The molecule has 1 heterocycles. The monoisotopic (exact) mass is 198 g/mol. The van der Waals surface area contributed by atoms with Gasteiger partial charge in [-0.1, -0.05) is 26.7 Å². The Bertz CT molecular complexity index is 147. The van der Waals surface area contributed by atoms with Gasteiger partial charge in [-0.3, -0.25) is 0 Å². The molecule has 0 amide bonds. The van der Waals surface area contributed by atoms with Crippen molar-refractivity contribution in [2.75, 3.05) is 26.7 Å². The van der Waals surface area contributed by atoms with Crippen molar-refractivity contribution in [2.45, 2.75) is 45.6 Å². The van der Waals surface area contributed by atoms with Crippen molar-refractivity contribution in [3.05, 3.63) is 0 Å². The van der Waals surface area contributed by atoms with Gasteiger partial charge in [0.2, 0.25) is 0 Å². The molecule has 2 nitrogen and oxygen atoms in total. The van der Waals surface area contributed by atoms with E-state index in [-0.39, 0.29) is 0 Å². The van der Waals surface area contributed by atoms with Crippen LogP contribution in [0.5, 0.6) is 0 Å². The van der Waals surface area contributed by atoms with Gasteiger partial charge in [0.1, 0.15) is 0 Å². The van der Waals surface area contributed by atoms with E-state index < -0.39 is 0 Å². The van der Waals surface area contributed by atoms with E-state index in [0.717, 1.165) is 5.92 Å². The topological polar surface area (TPSA) is 15.3 Å². The summed E-state index contributed by atoms with van der Waals surface area (Å²) in [4.78, 5) is 2.62. The fourth-order valence-corrected chi connectivity index (χ4v) is 2.30. The molecule has 0 spiro atoms. The Balaban J connectivity index is 2.21. The van der Waals surface area contributed by atoms with Gasteiger partial charge in [-0.15, -0.1) is 0 Å². The van der Waals surface area contributed by atoms with E-state index in [4.69, 9.17) is 0 Å². The van der Waals surface area contributed by atoms with Gasteiger partial charge in [0.15, 0.2) is 0 Å². The lowest BCUT2D eigenvalue weighted by Crippen LogP contribution is -2.49. The number of likely N-dealkylation sites (N-methyl/N-ethyl adjacent to an activating group) is 1. The van der Waals surface area contributed by atoms with E-state index in [9.17, 15) is 0 Å². The maximum absolute atomic E-state index is 3.43. The lowest BCUT2D eigenvalue weighted by Gasteiger charge is -2.37. The molecule has 2 atom stereocenters. The predicted octanol–water partition coefficient (Wildman–Crippen LogP) is 2.11. The Kier molecular flexibility index (Phi) is 5.49. The maximum Gasteiger partial charge on any atom is 0.0218 e. The van der Waals surface area contributed by atoms with Crippen LogP contribution in [0.15, 0.2) is 0 Å². The molecule has 1 aliphatic heterocycles. The minimum atomic E-state index is 0.713. The number of nitrogens with zero attached hydrogens (tertiary/aromatic N) is 1. The van der Waals surface area contributed by atoms with E-state index in [1.165, 1.54) is 45.3 Å². The van der Waals surface area contributed by atoms with Gasteiger partial charge in [-0.05, 0) is 38.9 Å². The molecule has 1 N–H and O–H groups in total. The standard InChI is InChI=1S/C12H26N2/c1-4-5-6-8-14-9-7-11(2)12(10-14)13-3/h11-13H,4-10H2,1-3H3. The molecule has 0 aliphatic carbocycles. The average molecular weight is 198 g/mol. The molecule has 0 aromatic carbocycles. The summed E-state index contributed by atoms with van der Waals surface area (Å²) in [6.45, 7) is 8.50. The number of unbranched alkanes of at least 4 members (excludes halogenated alkanes) is 2. The Morgan fingerprint density at radius 1 is 1.36 bits per heavy atom. The van der Waals surface area contributed by atoms with Crippen LogP contribution in [-0.4, -0.2) is 37.6 Å². The van der Waals surface area contributed by atoms with Crippen LogP contribution in [-0.2, 0) is 0 Å². The number of rotatable bonds is 5. The zero-order chi connectivity index (χ0) is 10.4. The molecular weight excluding hydrogens is 172 g/mol. The van der Waals surface area contributed by atoms with E-state index in [2.05, 4.69) is 31.1 Å². The first-order valence-electron chi connectivity index (χ1n) is 6.17. The van der Waals surface area contributed by atoms with E-state index in [1.54, 1.807) is 0 Å². The Labute approximate surface area is 89.1 Å². The highest BCUT2D eigenvalue weighted by atomic mass is 15.2. The minimum Gasteiger partial charge on any atom is -0.315 e. The molecule has 2 heteroatoms. The normalized spacial score (nSPS) is 29.4. The van der Waals surface area contributed by atoms with Crippen molar-refractivity contribution in [1.29, 1.82) is 0 Å². The lowest BCUT2D eigenvalue weighted by atomic mass is 9.93. The summed E-state index contributed by atoms with van der Waals surface area (Å²) < 4.78 is 0. The zero-order valence-electron chi connectivity index (χ0n) is 10.1. The highest BCUT2D eigenvalue weighted by molar-refractivity contribution is 4.81. The van der Waals surface area contributed by atoms with Crippen molar-refractivity contribution >= 4 is 0 Å². The largest absolute Gasteiger partial charge is 0.315 e. The number of hydrogen-bond donors (Lipinski definition) is 1. The lowest BCUT2D eigenvalue weighted by molar-refractivity contribution is 0.151. The third kappa shape index (κ3) is 3.58. The van der Waals surface area contributed by atoms with Gasteiger partial charge in [0, 0.05) is 12.6 Å². The van der Waals surface area contributed by atoms with Crippen molar-refractivity contribution in [1.82, 2.24) is 10.2 Å². The molecule has 14 heavy (non-hydrogen) atoms. The highest BCUT2D eigenvalue weighted by Crippen LogP contribution is 2.17. The van der Waals surface area contributed by atoms with Crippen LogP contribution >= 0.6 is 0 Å². The molecule has 0 radical (unpaired) electrons. The van der Waals surface area contributed by atoms with Crippen molar-refractivity contribution in [2.24, 2.45) is 5.92 Å². The quantitative estimate of drug-likeness (QED) is 0.681. The molecule has 1 rings (SSSR count). The number of piperidine rings is 1. The number of nitrogens with one attached hydrogen (secondary N) is 1. The molecule has 84 valence electrons. The smallest absolute Gasteiger partial charge is 0.0218 e. The predicted molar refractivity (Wildman–Crippen MR) is 62.6 cm³/mol. The van der Waals surface area contributed by atoms with E-state index in [1.807, 2.05) is 0 Å². The first-order valence-corrected chi connectivity index (χ1v) is 6.17. The SMILES string of the molecule is CCCCCN1CCC(C)C(NC)C1. The molecule has 1 aliphatic rings. The molecule has 1 saturated heterocycles. The summed E-state index contributed by atoms with van der Waals surface area (Å²) in [5.74, 6) is 0.849. The average Bonchev–Trinajstić information content (AvgIpc) is 2.21. The third-order valence-corrected chi connectivity index (χ3v) is 3.49. The third-order valence-electron chi connectivity index (χ3n) is 3.49. The first kappa shape index (κ1) is 12.0. The van der Waals surface area contributed by atoms with Crippen molar-refractivity contribution < 1.29 is 0 Å². The fourth-order valence-electron chi connectivity index (χ4n) is 2.30. The van der Waals surface area contributed by atoms with Gasteiger partial charge in [0.25, 0.3) is 0 Å². The van der Waals surface area contributed by atoms with Gasteiger partial charge < -0.3 is 10.2 Å². The maximum atomic E-state index is 3.43. The van der Waals surface area contributed by atoms with E-state index in [0.29, 0.717) is 6.04 Å². The molecule has 0 aromatic rings. The second-order valence-corrected chi connectivity index (χ2v) is 4.67.